The Balaban J connectivity index is 1.98. The molecule has 2 heterocycles. The average Bonchev–Trinajstić information content (AvgIpc) is 2.95. The van der Waals surface area contributed by atoms with Gasteiger partial charge in [-0.3, -0.25) is 4.79 Å². The number of benzene rings is 1. The number of hydrogen-bond donors (Lipinski definition) is 0. The highest BCUT2D eigenvalue weighted by Gasteiger charge is 2.22. The monoisotopic (exact) mass is 244 g/mol. The second-order valence-electron chi connectivity index (χ2n) is 4.10. The van der Waals surface area contributed by atoms with Crippen LogP contribution in [-0.4, -0.2) is 17.3 Å². The van der Waals surface area contributed by atoms with Crippen LogP contribution in [-0.2, 0) is 6.42 Å². The van der Waals surface area contributed by atoms with Crippen molar-refractivity contribution in [1.29, 1.82) is 0 Å². The molecule has 0 N–H and O–H groups in total. The maximum atomic E-state index is 11.2. The van der Waals surface area contributed by atoms with E-state index in [1.54, 1.807) is 6.92 Å². The van der Waals surface area contributed by atoms with E-state index in [2.05, 4.69) is 28.1 Å². The lowest BCUT2D eigenvalue weighted by atomic mass is 10.2. The molecule has 0 bridgehead atoms. The number of carbonyl (C=O) groups is 1. The summed E-state index contributed by atoms with van der Waals surface area (Å²) < 4.78 is 0. The minimum absolute atomic E-state index is 0.0278. The number of thiazole rings is 1. The molecule has 3 nitrogen and oxygen atoms in total. The predicted octanol–water partition coefficient (Wildman–Crippen LogP) is 3.04. The summed E-state index contributed by atoms with van der Waals surface area (Å²) in [4.78, 5) is 17.8. The summed E-state index contributed by atoms with van der Waals surface area (Å²) in [6.45, 7) is 2.50. The van der Waals surface area contributed by atoms with Gasteiger partial charge in [-0.15, -0.1) is 11.3 Å². The highest BCUT2D eigenvalue weighted by molar-refractivity contribution is 7.14. The van der Waals surface area contributed by atoms with Gasteiger partial charge in [0, 0.05) is 24.5 Å². The van der Waals surface area contributed by atoms with Crippen LogP contribution in [0.2, 0.25) is 0 Å². The molecule has 0 saturated carbocycles. The number of aromatic nitrogens is 1. The number of hydrogen-bond acceptors (Lipinski definition) is 4. The molecule has 2 aromatic rings. The Morgan fingerprint density at radius 3 is 3.00 bits per heavy atom. The molecule has 0 radical (unpaired) electrons. The number of ketones is 1. The van der Waals surface area contributed by atoms with Crippen molar-refractivity contribution in [3.8, 4) is 0 Å². The van der Waals surface area contributed by atoms with E-state index in [0.717, 1.165) is 18.1 Å². The third-order valence-corrected chi connectivity index (χ3v) is 3.83. The van der Waals surface area contributed by atoms with Crippen molar-refractivity contribution in [3.63, 3.8) is 0 Å². The SMILES string of the molecule is CC(=O)c1csc(N2CCc3ccccc32)n1. The number of fused-ring (bicyclic) bond motifs is 1. The van der Waals surface area contributed by atoms with Gasteiger partial charge in [0.1, 0.15) is 5.69 Å². The Bertz CT molecular complexity index is 576. The summed E-state index contributed by atoms with van der Waals surface area (Å²) in [6.07, 6.45) is 1.05. The number of nitrogens with zero attached hydrogens (tertiary/aromatic N) is 2. The first-order valence-electron chi connectivity index (χ1n) is 5.57. The lowest BCUT2D eigenvalue weighted by Crippen LogP contribution is -2.13. The molecule has 1 aromatic heterocycles. The molecule has 1 aliphatic heterocycles. The number of rotatable bonds is 2. The van der Waals surface area contributed by atoms with Crippen molar-refractivity contribution < 1.29 is 4.79 Å². The second-order valence-corrected chi connectivity index (χ2v) is 4.94. The Morgan fingerprint density at radius 2 is 2.24 bits per heavy atom. The van der Waals surface area contributed by atoms with E-state index >= 15 is 0 Å². The van der Waals surface area contributed by atoms with Crippen molar-refractivity contribution in [2.24, 2.45) is 0 Å². The third kappa shape index (κ3) is 1.74. The average molecular weight is 244 g/mol. The standard InChI is InChI=1S/C13H12N2OS/c1-9(16)11-8-17-13(14-11)15-7-6-10-4-2-3-5-12(10)15/h2-5,8H,6-7H2,1H3. The van der Waals surface area contributed by atoms with Gasteiger partial charge in [-0.2, -0.15) is 0 Å². The lowest BCUT2D eigenvalue weighted by molar-refractivity contribution is 0.101. The maximum absolute atomic E-state index is 11.2. The summed E-state index contributed by atoms with van der Waals surface area (Å²) in [5, 5.41) is 2.75. The molecule has 0 aliphatic carbocycles. The normalized spacial score (nSPS) is 13.8. The fourth-order valence-electron chi connectivity index (χ4n) is 2.09. The predicted molar refractivity (Wildman–Crippen MR) is 69.3 cm³/mol. The molecule has 1 aliphatic rings. The summed E-state index contributed by atoms with van der Waals surface area (Å²) in [5.41, 5.74) is 3.14. The summed E-state index contributed by atoms with van der Waals surface area (Å²) in [5.74, 6) is 0.0278. The molecular weight excluding hydrogens is 232 g/mol. The van der Waals surface area contributed by atoms with Gasteiger partial charge in [0.2, 0.25) is 0 Å². The van der Waals surface area contributed by atoms with E-state index in [1.807, 2.05) is 11.4 Å². The zero-order chi connectivity index (χ0) is 11.8. The molecule has 0 saturated heterocycles. The van der Waals surface area contributed by atoms with Crippen LogP contribution in [0, 0.1) is 0 Å². The number of para-hydroxylation sites is 1. The van der Waals surface area contributed by atoms with Gasteiger partial charge < -0.3 is 4.90 Å². The topological polar surface area (TPSA) is 33.2 Å². The molecule has 4 heteroatoms. The van der Waals surface area contributed by atoms with E-state index in [-0.39, 0.29) is 5.78 Å². The van der Waals surface area contributed by atoms with Crippen LogP contribution in [0.1, 0.15) is 23.0 Å². The van der Waals surface area contributed by atoms with Gasteiger partial charge in [-0.25, -0.2) is 4.98 Å². The molecule has 0 spiro atoms. The molecule has 0 unspecified atom stereocenters. The Morgan fingerprint density at radius 1 is 1.41 bits per heavy atom. The summed E-state index contributed by atoms with van der Waals surface area (Å²) >= 11 is 1.53. The minimum Gasteiger partial charge on any atom is -0.317 e. The Labute approximate surface area is 104 Å². The van der Waals surface area contributed by atoms with Crippen molar-refractivity contribution in [2.45, 2.75) is 13.3 Å². The maximum Gasteiger partial charge on any atom is 0.190 e. The molecule has 0 amide bonds. The fraction of sp³-hybridized carbons (Fsp3) is 0.231. The quantitative estimate of drug-likeness (QED) is 0.761. The molecule has 1 aromatic carbocycles. The van der Waals surface area contributed by atoms with E-state index in [1.165, 1.54) is 22.6 Å². The highest BCUT2D eigenvalue weighted by Crippen LogP contribution is 2.35. The van der Waals surface area contributed by atoms with Crippen LogP contribution in [0.25, 0.3) is 0 Å². The van der Waals surface area contributed by atoms with E-state index in [0.29, 0.717) is 5.69 Å². The number of carbonyl (C=O) groups excluding carboxylic acids is 1. The van der Waals surface area contributed by atoms with Crippen molar-refractivity contribution in [3.05, 3.63) is 40.9 Å². The zero-order valence-corrected chi connectivity index (χ0v) is 10.3. The lowest BCUT2D eigenvalue weighted by Gasteiger charge is -2.15. The fourth-order valence-corrected chi connectivity index (χ4v) is 2.99. The van der Waals surface area contributed by atoms with Gasteiger partial charge in [0.05, 0.1) is 0 Å². The molecule has 86 valence electrons. The van der Waals surface area contributed by atoms with E-state index < -0.39 is 0 Å². The smallest absolute Gasteiger partial charge is 0.190 e. The van der Waals surface area contributed by atoms with Gasteiger partial charge in [0.15, 0.2) is 10.9 Å². The van der Waals surface area contributed by atoms with Crippen molar-refractivity contribution in [2.75, 3.05) is 11.4 Å². The van der Waals surface area contributed by atoms with Crippen LogP contribution < -0.4 is 4.90 Å². The number of anilines is 2. The molecule has 0 atom stereocenters. The molecular formula is C13H12N2OS. The Kier molecular flexibility index (Phi) is 2.44. The molecule has 3 rings (SSSR count). The van der Waals surface area contributed by atoms with Crippen LogP contribution in [0.15, 0.2) is 29.6 Å². The van der Waals surface area contributed by atoms with E-state index in [9.17, 15) is 4.79 Å². The van der Waals surface area contributed by atoms with Crippen LogP contribution in [0.3, 0.4) is 0 Å². The van der Waals surface area contributed by atoms with Gasteiger partial charge in [0.25, 0.3) is 0 Å². The van der Waals surface area contributed by atoms with Crippen molar-refractivity contribution >= 4 is 27.9 Å². The summed E-state index contributed by atoms with van der Waals surface area (Å²) in [7, 11) is 0. The van der Waals surface area contributed by atoms with E-state index in [4.69, 9.17) is 0 Å². The van der Waals surface area contributed by atoms with Crippen LogP contribution in [0.4, 0.5) is 10.8 Å². The largest absolute Gasteiger partial charge is 0.317 e. The first-order chi connectivity index (χ1) is 8.25. The summed E-state index contributed by atoms with van der Waals surface area (Å²) in [6, 6.07) is 8.35. The van der Waals surface area contributed by atoms with Crippen molar-refractivity contribution in [1.82, 2.24) is 4.98 Å². The molecule has 0 fully saturated rings. The molecule has 17 heavy (non-hydrogen) atoms. The first kappa shape index (κ1) is 10.5. The Hall–Kier alpha value is -1.68. The van der Waals surface area contributed by atoms with Gasteiger partial charge in [-0.1, -0.05) is 18.2 Å². The minimum atomic E-state index is 0.0278. The van der Waals surface area contributed by atoms with Crippen LogP contribution >= 0.6 is 11.3 Å². The van der Waals surface area contributed by atoms with Crippen LogP contribution in [0.5, 0.6) is 0 Å². The second kappa shape index (κ2) is 3.96. The van der Waals surface area contributed by atoms with Gasteiger partial charge >= 0.3 is 0 Å². The first-order valence-corrected chi connectivity index (χ1v) is 6.45. The highest BCUT2D eigenvalue weighted by atomic mass is 32.1. The number of Topliss-reactive ketones (excluding diaryl/α,β-unsaturated/α-hetero) is 1. The van der Waals surface area contributed by atoms with Gasteiger partial charge in [-0.05, 0) is 18.1 Å². The third-order valence-electron chi connectivity index (χ3n) is 2.97. The zero-order valence-electron chi connectivity index (χ0n) is 9.51.